The first-order valence-electron chi connectivity index (χ1n) is 3.28. The molecule has 1 unspecified atom stereocenters. The Balaban J connectivity index is 3.73. The Morgan fingerprint density at radius 1 is 1.73 bits per heavy atom. The lowest BCUT2D eigenvalue weighted by Crippen LogP contribution is -2.02. The first-order valence-corrected chi connectivity index (χ1v) is 3.28. The van der Waals surface area contributed by atoms with Crippen molar-refractivity contribution in [1.82, 2.24) is 0 Å². The topological polar surface area (TPSA) is 20.2 Å². The lowest BCUT2D eigenvalue weighted by Gasteiger charge is -1.97. The number of unbranched alkanes of at least 4 members (excludes halogenated alkanes) is 1. The Labute approximate surface area is 64.7 Å². The number of alkyl halides is 1. The van der Waals surface area contributed by atoms with Gasteiger partial charge in [0, 0.05) is 0 Å². The van der Waals surface area contributed by atoms with Crippen LogP contribution in [0, 0.1) is 12.3 Å². The highest BCUT2D eigenvalue weighted by Crippen LogP contribution is 2.05. The fourth-order valence-electron chi connectivity index (χ4n) is 0.508. The summed E-state index contributed by atoms with van der Waals surface area (Å²) < 4.78 is 23.9. The maximum Gasteiger partial charge on any atom is 0.165 e. The number of aliphatic hydroxyl groups is 1. The van der Waals surface area contributed by atoms with E-state index in [9.17, 15) is 8.78 Å². The Morgan fingerprint density at radius 2 is 2.36 bits per heavy atom. The third kappa shape index (κ3) is 4.51. The third-order valence-electron chi connectivity index (χ3n) is 1.10. The van der Waals surface area contributed by atoms with Crippen LogP contribution < -0.4 is 0 Å². The molecule has 0 aromatic heterocycles. The lowest BCUT2D eigenvalue weighted by molar-refractivity contribution is 0.236. The Bertz CT molecular complexity index is 169. The molecule has 0 saturated heterocycles. The van der Waals surface area contributed by atoms with Crippen LogP contribution in [0.25, 0.3) is 0 Å². The van der Waals surface area contributed by atoms with Gasteiger partial charge in [0.2, 0.25) is 0 Å². The van der Waals surface area contributed by atoms with Crippen molar-refractivity contribution in [1.29, 1.82) is 0 Å². The molecule has 0 amide bonds. The van der Waals surface area contributed by atoms with Crippen molar-refractivity contribution in [3.63, 3.8) is 0 Å². The van der Waals surface area contributed by atoms with E-state index < -0.39 is 18.6 Å². The molecule has 0 fully saturated rings. The number of aliphatic hydroxyl groups excluding tert-OH is 1. The zero-order valence-electron chi connectivity index (χ0n) is 6.06. The van der Waals surface area contributed by atoms with Crippen LogP contribution in [0.3, 0.4) is 0 Å². The molecule has 3 heteroatoms. The summed E-state index contributed by atoms with van der Waals surface area (Å²) in [4.78, 5) is 0. The van der Waals surface area contributed by atoms with Crippen LogP contribution in [0.4, 0.5) is 8.78 Å². The largest absolute Gasteiger partial charge is 0.374 e. The molecular formula is C8H10F2O. The second-order valence-corrected chi connectivity index (χ2v) is 1.99. The summed E-state index contributed by atoms with van der Waals surface area (Å²) in [5, 5.41) is 8.65. The second kappa shape index (κ2) is 5.87. The Hall–Kier alpha value is -0.880. The first kappa shape index (κ1) is 10.1. The van der Waals surface area contributed by atoms with Gasteiger partial charge in [0.25, 0.3) is 0 Å². The van der Waals surface area contributed by atoms with Crippen molar-refractivity contribution >= 4 is 0 Å². The van der Waals surface area contributed by atoms with Gasteiger partial charge in [0.1, 0.15) is 5.83 Å². The number of hydrogen-bond donors (Lipinski definition) is 1. The number of terminal acetylenes is 1. The highest BCUT2D eigenvalue weighted by atomic mass is 19.1. The van der Waals surface area contributed by atoms with Crippen LogP contribution in [0.5, 0.6) is 0 Å². The molecule has 11 heavy (non-hydrogen) atoms. The second-order valence-electron chi connectivity index (χ2n) is 1.99. The lowest BCUT2D eigenvalue weighted by atomic mass is 10.2. The van der Waals surface area contributed by atoms with E-state index in [1.165, 1.54) is 0 Å². The average Bonchev–Trinajstić information content (AvgIpc) is 2.03. The molecule has 0 aliphatic heterocycles. The number of rotatable bonds is 4. The van der Waals surface area contributed by atoms with Crippen LogP contribution in [0.2, 0.25) is 0 Å². The SMILES string of the molecule is C#CC(O)/C(F)=C/CCCF. The summed E-state index contributed by atoms with van der Waals surface area (Å²) in [5.41, 5.74) is 0. The van der Waals surface area contributed by atoms with E-state index >= 15 is 0 Å². The van der Waals surface area contributed by atoms with Crippen LogP contribution in [-0.4, -0.2) is 17.9 Å². The predicted octanol–water partition coefficient (Wildman–Crippen LogP) is 1.58. The van der Waals surface area contributed by atoms with E-state index in [2.05, 4.69) is 0 Å². The van der Waals surface area contributed by atoms with Crippen LogP contribution >= 0.6 is 0 Å². The van der Waals surface area contributed by atoms with E-state index in [1.54, 1.807) is 0 Å². The zero-order valence-corrected chi connectivity index (χ0v) is 6.06. The van der Waals surface area contributed by atoms with Gasteiger partial charge in [-0.1, -0.05) is 5.92 Å². The van der Waals surface area contributed by atoms with Gasteiger partial charge in [-0.2, -0.15) is 0 Å². The van der Waals surface area contributed by atoms with Crippen molar-refractivity contribution in [3.05, 3.63) is 11.9 Å². The summed E-state index contributed by atoms with van der Waals surface area (Å²) in [7, 11) is 0. The van der Waals surface area contributed by atoms with Gasteiger partial charge in [-0.15, -0.1) is 6.42 Å². The van der Waals surface area contributed by atoms with Gasteiger partial charge in [-0.25, -0.2) is 4.39 Å². The van der Waals surface area contributed by atoms with Crippen molar-refractivity contribution in [2.24, 2.45) is 0 Å². The minimum absolute atomic E-state index is 0.255. The molecule has 0 aromatic carbocycles. The molecule has 1 N–H and O–H groups in total. The number of hydrogen-bond acceptors (Lipinski definition) is 1. The number of allylic oxidation sites excluding steroid dienone is 1. The summed E-state index contributed by atoms with van der Waals surface area (Å²) >= 11 is 0. The van der Waals surface area contributed by atoms with E-state index in [1.807, 2.05) is 5.92 Å². The maximum atomic E-state index is 12.5. The minimum Gasteiger partial charge on any atom is -0.374 e. The molecule has 0 spiro atoms. The summed E-state index contributed by atoms with van der Waals surface area (Å²) in [6.07, 6.45) is 4.87. The predicted molar refractivity (Wildman–Crippen MR) is 39.2 cm³/mol. The Kier molecular flexibility index (Phi) is 5.40. The molecule has 0 rings (SSSR count). The quantitative estimate of drug-likeness (QED) is 0.489. The van der Waals surface area contributed by atoms with Crippen molar-refractivity contribution in [2.75, 3.05) is 6.67 Å². The summed E-state index contributed by atoms with van der Waals surface area (Å²) in [5.74, 6) is 1.03. The number of halogens is 2. The molecular weight excluding hydrogens is 150 g/mol. The highest BCUT2D eigenvalue weighted by Gasteiger charge is 2.03. The van der Waals surface area contributed by atoms with Gasteiger partial charge in [0.05, 0.1) is 6.67 Å². The van der Waals surface area contributed by atoms with Gasteiger partial charge < -0.3 is 5.11 Å². The van der Waals surface area contributed by atoms with E-state index in [4.69, 9.17) is 11.5 Å². The molecule has 0 radical (unpaired) electrons. The van der Waals surface area contributed by atoms with E-state index in [0.717, 1.165) is 6.08 Å². The van der Waals surface area contributed by atoms with E-state index in [0.29, 0.717) is 0 Å². The van der Waals surface area contributed by atoms with Crippen LogP contribution in [0.15, 0.2) is 11.9 Å². The van der Waals surface area contributed by atoms with Crippen LogP contribution in [0.1, 0.15) is 12.8 Å². The average molecular weight is 160 g/mol. The standard InChI is InChI=1S/C8H10F2O/c1-2-8(11)7(10)5-3-4-6-9/h1,5,8,11H,3-4,6H2/b7-5-. The molecule has 0 aliphatic carbocycles. The molecule has 0 saturated carbocycles. The molecule has 0 bridgehead atoms. The summed E-state index contributed by atoms with van der Waals surface area (Å²) in [6, 6.07) is 0. The van der Waals surface area contributed by atoms with Crippen molar-refractivity contribution in [2.45, 2.75) is 18.9 Å². The molecule has 0 aliphatic rings. The monoisotopic (exact) mass is 160 g/mol. The smallest absolute Gasteiger partial charge is 0.165 e. The third-order valence-corrected chi connectivity index (χ3v) is 1.10. The van der Waals surface area contributed by atoms with E-state index in [-0.39, 0.29) is 12.8 Å². The zero-order chi connectivity index (χ0) is 8.69. The molecule has 0 aromatic rings. The van der Waals surface area contributed by atoms with Gasteiger partial charge in [0.15, 0.2) is 6.10 Å². The fourth-order valence-corrected chi connectivity index (χ4v) is 0.508. The van der Waals surface area contributed by atoms with Gasteiger partial charge in [-0.05, 0) is 18.9 Å². The minimum atomic E-state index is -1.48. The molecule has 1 atom stereocenters. The molecule has 0 heterocycles. The van der Waals surface area contributed by atoms with Gasteiger partial charge >= 0.3 is 0 Å². The van der Waals surface area contributed by atoms with Crippen molar-refractivity contribution in [3.8, 4) is 12.3 Å². The van der Waals surface area contributed by atoms with Crippen LogP contribution in [-0.2, 0) is 0 Å². The summed E-state index contributed by atoms with van der Waals surface area (Å²) in [6.45, 7) is -0.490. The fraction of sp³-hybridized carbons (Fsp3) is 0.500. The van der Waals surface area contributed by atoms with Gasteiger partial charge in [-0.3, -0.25) is 4.39 Å². The maximum absolute atomic E-state index is 12.5. The first-order chi connectivity index (χ1) is 5.22. The highest BCUT2D eigenvalue weighted by molar-refractivity contribution is 5.12. The normalized spacial score (nSPS) is 14.2. The molecule has 1 nitrogen and oxygen atoms in total. The molecule has 62 valence electrons. The van der Waals surface area contributed by atoms with Crippen molar-refractivity contribution < 1.29 is 13.9 Å². The Morgan fingerprint density at radius 3 is 2.82 bits per heavy atom.